The molecule has 5 atom stereocenters. The lowest BCUT2D eigenvalue weighted by Gasteiger charge is -2.45. The van der Waals surface area contributed by atoms with Gasteiger partial charge in [-0.25, -0.2) is 9.29 Å². The van der Waals surface area contributed by atoms with Gasteiger partial charge in [0.2, 0.25) is 17.6 Å². The Morgan fingerprint density at radius 1 is 1.13 bits per heavy atom. The van der Waals surface area contributed by atoms with E-state index in [-0.39, 0.29) is 5.69 Å². The number of anilines is 1. The van der Waals surface area contributed by atoms with Gasteiger partial charge in [0.05, 0.1) is 27.6 Å². The Balaban J connectivity index is 1.93. The van der Waals surface area contributed by atoms with Gasteiger partial charge in [-0.2, -0.15) is 13.2 Å². The first-order valence-corrected chi connectivity index (χ1v) is 9.39. The van der Waals surface area contributed by atoms with Gasteiger partial charge in [0.25, 0.3) is 0 Å². The van der Waals surface area contributed by atoms with E-state index >= 15 is 4.39 Å². The first-order valence-electron chi connectivity index (χ1n) is 9.01. The summed E-state index contributed by atoms with van der Waals surface area (Å²) < 4.78 is 61.0. The number of alkyl halides is 4. The van der Waals surface area contributed by atoms with Crippen LogP contribution in [0.25, 0.3) is 0 Å². The summed E-state index contributed by atoms with van der Waals surface area (Å²) in [6, 6.07) is 2.01. The summed E-state index contributed by atoms with van der Waals surface area (Å²) in [5, 5.41) is 20.1. The summed E-state index contributed by atoms with van der Waals surface area (Å²) >= 11 is 5.70. The number of benzene rings is 1. The van der Waals surface area contributed by atoms with E-state index in [2.05, 4.69) is 0 Å². The Kier molecular flexibility index (Phi) is 3.96. The number of carbonyl (C=O) groups is 2. The fourth-order valence-corrected chi connectivity index (χ4v) is 5.76. The topological polar surface area (TPSA) is 87.1 Å². The smallest absolute Gasteiger partial charge is 0.361 e. The number of nitrogens with zero attached hydrogens (tertiary/aromatic N) is 1. The Hall–Kier alpha value is -1.75. The molecule has 3 fully saturated rings. The molecule has 2 amide bonds. The van der Waals surface area contributed by atoms with Crippen LogP contribution in [0.15, 0.2) is 12.1 Å². The lowest BCUT2D eigenvalue weighted by Crippen LogP contribution is -2.68. The molecule has 0 unspecified atom stereocenters. The minimum atomic E-state index is -4.85. The third-order valence-electron chi connectivity index (χ3n) is 7.18. The summed E-state index contributed by atoms with van der Waals surface area (Å²) in [5.74, 6) is -6.61. The molecule has 4 rings (SSSR count). The summed E-state index contributed by atoms with van der Waals surface area (Å²) in [4.78, 5) is 27.2. The molecule has 0 aliphatic carbocycles. The van der Waals surface area contributed by atoms with Crippen LogP contribution in [-0.2, 0) is 20.5 Å². The van der Waals surface area contributed by atoms with E-state index in [1.807, 2.05) is 0 Å². The molecule has 3 aliphatic rings. The second-order valence-electron chi connectivity index (χ2n) is 8.58. The van der Waals surface area contributed by atoms with Crippen LogP contribution >= 0.6 is 11.6 Å². The van der Waals surface area contributed by atoms with Gasteiger partial charge < -0.3 is 14.9 Å². The standard InChI is InChI=1S/C19H18ClF4NO5/c1-7-9(6-5-8(20)10(7)19(22,23)24)25-12(26)11-15(2,14(25)27)17(4)13(21)18(28,29)16(11,3)30-17/h5-6,11,13,28-29H,1-4H3/t11-,13+,15-,16-,17-/m1/s1. The third-order valence-corrected chi connectivity index (χ3v) is 7.49. The van der Waals surface area contributed by atoms with Crippen molar-refractivity contribution in [3.63, 3.8) is 0 Å². The van der Waals surface area contributed by atoms with Gasteiger partial charge in [-0.15, -0.1) is 0 Å². The zero-order valence-electron chi connectivity index (χ0n) is 16.3. The summed E-state index contributed by atoms with van der Waals surface area (Å²) in [6.07, 6.45) is -7.29. The van der Waals surface area contributed by atoms with E-state index in [1.54, 1.807) is 0 Å². The number of hydrogen-bond donors (Lipinski definition) is 2. The Morgan fingerprint density at radius 2 is 1.70 bits per heavy atom. The molecule has 3 saturated heterocycles. The van der Waals surface area contributed by atoms with Crippen molar-refractivity contribution in [1.29, 1.82) is 0 Å². The molecule has 0 radical (unpaired) electrons. The fraction of sp³-hybridized carbons (Fsp3) is 0.579. The van der Waals surface area contributed by atoms with Crippen molar-refractivity contribution in [3.05, 3.63) is 28.3 Å². The first kappa shape index (κ1) is 21.5. The summed E-state index contributed by atoms with van der Waals surface area (Å²) in [5.41, 5.74) is -8.18. The number of fused-ring (bicyclic) bond motifs is 5. The van der Waals surface area contributed by atoms with E-state index in [1.165, 1.54) is 6.92 Å². The maximum absolute atomic E-state index is 15.0. The fourth-order valence-electron chi connectivity index (χ4n) is 5.45. The zero-order chi connectivity index (χ0) is 22.8. The lowest BCUT2D eigenvalue weighted by atomic mass is 9.56. The summed E-state index contributed by atoms with van der Waals surface area (Å²) in [7, 11) is 0. The molecule has 0 aromatic heterocycles. The van der Waals surface area contributed by atoms with Gasteiger partial charge in [0.15, 0.2) is 6.17 Å². The Labute approximate surface area is 173 Å². The van der Waals surface area contributed by atoms with Crippen LogP contribution in [-0.4, -0.2) is 45.2 Å². The lowest BCUT2D eigenvalue weighted by molar-refractivity contribution is -0.270. The average molecular weight is 452 g/mol. The number of aliphatic hydroxyl groups is 2. The van der Waals surface area contributed by atoms with Gasteiger partial charge in [-0.1, -0.05) is 11.6 Å². The highest BCUT2D eigenvalue weighted by molar-refractivity contribution is 6.32. The normalized spacial score (nSPS) is 39.8. The minimum Gasteiger partial charge on any atom is -0.361 e. The van der Waals surface area contributed by atoms with Gasteiger partial charge in [0.1, 0.15) is 11.2 Å². The van der Waals surface area contributed by atoms with Crippen molar-refractivity contribution in [3.8, 4) is 0 Å². The minimum absolute atomic E-state index is 0.360. The number of imide groups is 1. The van der Waals surface area contributed by atoms with Crippen molar-refractivity contribution >= 4 is 29.1 Å². The monoisotopic (exact) mass is 451 g/mol. The highest BCUT2D eigenvalue weighted by Gasteiger charge is 2.90. The van der Waals surface area contributed by atoms with E-state index in [4.69, 9.17) is 16.3 Å². The SMILES string of the molecule is Cc1c(N2C(=O)[C@@H]3[C@](C)(C2=O)[C@]2(C)O[C@@]3(C)C(O)(O)[C@H]2F)ccc(Cl)c1C(F)(F)F. The number of amides is 2. The molecular weight excluding hydrogens is 434 g/mol. The van der Waals surface area contributed by atoms with Crippen molar-refractivity contribution in [2.24, 2.45) is 11.3 Å². The van der Waals surface area contributed by atoms with Crippen molar-refractivity contribution in [1.82, 2.24) is 0 Å². The van der Waals surface area contributed by atoms with Gasteiger partial charge >= 0.3 is 6.18 Å². The Bertz CT molecular complexity index is 1010. The van der Waals surface area contributed by atoms with Crippen LogP contribution < -0.4 is 4.90 Å². The highest BCUT2D eigenvalue weighted by Crippen LogP contribution is 2.70. The van der Waals surface area contributed by atoms with Crippen LogP contribution in [0.4, 0.5) is 23.2 Å². The third kappa shape index (κ3) is 2.01. The predicted octanol–water partition coefficient (Wildman–Crippen LogP) is 2.74. The van der Waals surface area contributed by atoms with E-state index in [9.17, 15) is 33.0 Å². The van der Waals surface area contributed by atoms with E-state index < -0.39 is 68.6 Å². The van der Waals surface area contributed by atoms with Crippen LogP contribution in [0.3, 0.4) is 0 Å². The molecule has 2 N–H and O–H groups in total. The van der Waals surface area contributed by atoms with E-state index in [0.717, 1.165) is 32.9 Å². The average Bonchev–Trinajstić information content (AvgIpc) is 2.98. The van der Waals surface area contributed by atoms with Crippen molar-refractivity contribution in [2.45, 2.75) is 57.0 Å². The van der Waals surface area contributed by atoms with Gasteiger partial charge in [-0.3, -0.25) is 9.59 Å². The van der Waals surface area contributed by atoms with Crippen LogP contribution in [0, 0.1) is 18.3 Å². The Morgan fingerprint density at radius 3 is 2.23 bits per heavy atom. The zero-order valence-corrected chi connectivity index (χ0v) is 17.0. The number of rotatable bonds is 1. The number of hydrogen-bond acceptors (Lipinski definition) is 5. The maximum atomic E-state index is 15.0. The maximum Gasteiger partial charge on any atom is 0.418 e. The molecule has 1 aromatic rings. The molecule has 0 saturated carbocycles. The molecule has 0 spiro atoms. The molecular formula is C19H18ClF4NO5. The van der Waals surface area contributed by atoms with Crippen molar-refractivity contribution < 1.29 is 42.1 Å². The molecule has 6 nitrogen and oxygen atoms in total. The van der Waals surface area contributed by atoms with Gasteiger partial charge in [0, 0.05) is 0 Å². The highest BCUT2D eigenvalue weighted by atomic mass is 35.5. The molecule has 11 heteroatoms. The predicted molar refractivity (Wildman–Crippen MR) is 95.2 cm³/mol. The number of ether oxygens (including phenoxy) is 1. The molecule has 2 bridgehead atoms. The quantitative estimate of drug-likeness (QED) is 0.389. The number of carbonyl (C=O) groups excluding carboxylic acids is 2. The largest absolute Gasteiger partial charge is 0.418 e. The first-order chi connectivity index (χ1) is 13.5. The second-order valence-corrected chi connectivity index (χ2v) is 8.99. The molecule has 1 aromatic carbocycles. The molecule has 3 aliphatic heterocycles. The van der Waals surface area contributed by atoms with E-state index in [0.29, 0.717) is 4.90 Å². The molecule has 30 heavy (non-hydrogen) atoms. The molecule has 3 heterocycles. The molecule has 164 valence electrons. The van der Waals surface area contributed by atoms with Gasteiger partial charge in [-0.05, 0) is 45.4 Å². The van der Waals surface area contributed by atoms with Crippen LogP contribution in [0.1, 0.15) is 31.9 Å². The van der Waals surface area contributed by atoms with Crippen LogP contribution in [0.2, 0.25) is 5.02 Å². The second kappa shape index (κ2) is 5.53. The van der Waals surface area contributed by atoms with Crippen LogP contribution in [0.5, 0.6) is 0 Å². The summed E-state index contributed by atoms with van der Waals surface area (Å²) in [6.45, 7) is 4.57. The van der Waals surface area contributed by atoms with Crippen molar-refractivity contribution in [2.75, 3.05) is 4.90 Å². The number of halogens is 5.